The summed E-state index contributed by atoms with van der Waals surface area (Å²) in [6.07, 6.45) is 4.17. The highest BCUT2D eigenvalue weighted by atomic mass is 16.1. The number of pyridine rings is 1. The van der Waals surface area contributed by atoms with Gasteiger partial charge in [-0.15, -0.1) is 0 Å². The van der Waals surface area contributed by atoms with Gasteiger partial charge in [-0.3, -0.25) is 9.78 Å². The zero-order valence-corrected chi connectivity index (χ0v) is 11.1. The van der Waals surface area contributed by atoms with E-state index in [1.165, 1.54) is 0 Å². The highest BCUT2D eigenvalue weighted by Crippen LogP contribution is 2.05. The monoisotopic (exact) mass is 254 g/mol. The van der Waals surface area contributed by atoms with Crippen molar-refractivity contribution in [2.45, 2.75) is 13.0 Å². The first-order valence-electron chi connectivity index (χ1n) is 6.41. The Kier molecular flexibility index (Phi) is 4.81. The zero-order valence-electron chi connectivity index (χ0n) is 11.1. The van der Waals surface area contributed by atoms with Gasteiger partial charge in [0.1, 0.15) is 0 Å². The minimum absolute atomic E-state index is 0.193. The summed E-state index contributed by atoms with van der Waals surface area (Å²) in [5, 5.41) is 0. The molecule has 3 heteroatoms. The predicted molar refractivity (Wildman–Crippen MR) is 76.0 cm³/mol. The fourth-order valence-electron chi connectivity index (χ4n) is 1.94. The maximum absolute atomic E-state index is 12.0. The molecule has 0 aliphatic heterocycles. The molecule has 0 saturated carbocycles. The van der Waals surface area contributed by atoms with Crippen LogP contribution in [0.1, 0.15) is 22.3 Å². The summed E-state index contributed by atoms with van der Waals surface area (Å²) in [6.45, 7) is 1.57. The SMILES string of the molecule is CN(CCC(=O)c1ccccc1)Cc1cccnc1. The Morgan fingerprint density at radius 1 is 1.16 bits per heavy atom. The first-order chi connectivity index (χ1) is 9.25. The molecule has 1 aromatic carbocycles. The fraction of sp³-hybridized carbons (Fsp3) is 0.250. The number of nitrogens with zero attached hydrogens (tertiary/aromatic N) is 2. The van der Waals surface area contributed by atoms with Crippen LogP contribution in [0.2, 0.25) is 0 Å². The summed E-state index contributed by atoms with van der Waals surface area (Å²) in [5.41, 5.74) is 1.95. The van der Waals surface area contributed by atoms with Crippen LogP contribution in [-0.4, -0.2) is 29.3 Å². The van der Waals surface area contributed by atoms with E-state index in [1.54, 1.807) is 6.20 Å². The van der Waals surface area contributed by atoms with Gasteiger partial charge < -0.3 is 4.90 Å². The lowest BCUT2D eigenvalue weighted by Gasteiger charge is -2.15. The zero-order chi connectivity index (χ0) is 13.5. The molecule has 0 saturated heterocycles. The molecule has 3 nitrogen and oxygen atoms in total. The molecule has 0 aliphatic rings. The van der Waals surface area contributed by atoms with Gasteiger partial charge in [0.05, 0.1) is 0 Å². The number of carbonyl (C=O) groups is 1. The van der Waals surface area contributed by atoms with Gasteiger partial charge in [0, 0.05) is 37.5 Å². The highest BCUT2D eigenvalue weighted by molar-refractivity contribution is 5.96. The van der Waals surface area contributed by atoms with Gasteiger partial charge >= 0.3 is 0 Å². The second-order valence-corrected chi connectivity index (χ2v) is 4.64. The van der Waals surface area contributed by atoms with Crippen molar-refractivity contribution in [3.05, 3.63) is 66.0 Å². The smallest absolute Gasteiger partial charge is 0.164 e. The second kappa shape index (κ2) is 6.81. The number of Topliss-reactive ketones (excluding diaryl/α,β-unsaturated/α-hetero) is 1. The van der Waals surface area contributed by atoms with E-state index in [1.807, 2.05) is 55.7 Å². The number of aromatic nitrogens is 1. The predicted octanol–water partition coefficient (Wildman–Crippen LogP) is 2.79. The molecule has 0 N–H and O–H groups in total. The van der Waals surface area contributed by atoms with Crippen LogP contribution in [0.25, 0.3) is 0 Å². The fourth-order valence-corrected chi connectivity index (χ4v) is 1.94. The van der Waals surface area contributed by atoms with Gasteiger partial charge in [-0.2, -0.15) is 0 Å². The minimum atomic E-state index is 0.193. The van der Waals surface area contributed by atoms with Crippen molar-refractivity contribution in [3.8, 4) is 0 Å². The van der Waals surface area contributed by atoms with Crippen LogP contribution in [0.5, 0.6) is 0 Å². The lowest BCUT2D eigenvalue weighted by molar-refractivity contribution is 0.0968. The Hall–Kier alpha value is -2.00. The molecule has 0 spiro atoms. The van der Waals surface area contributed by atoms with Crippen molar-refractivity contribution in [2.75, 3.05) is 13.6 Å². The Bertz CT molecular complexity index is 511. The summed E-state index contributed by atoms with van der Waals surface area (Å²) >= 11 is 0. The summed E-state index contributed by atoms with van der Waals surface area (Å²) in [6, 6.07) is 13.4. The van der Waals surface area contributed by atoms with E-state index in [-0.39, 0.29) is 5.78 Å². The van der Waals surface area contributed by atoms with E-state index in [0.717, 1.165) is 24.2 Å². The van der Waals surface area contributed by atoms with Gasteiger partial charge in [0.25, 0.3) is 0 Å². The molecule has 0 aliphatic carbocycles. The van der Waals surface area contributed by atoms with Gasteiger partial charge in [-0.05, 0) is 18.7 Å². The first-order valence-corrected chi connectivity index (χ1v) is 6.41. The average Bonchev–Trinajstić information content (AvgIpc) is 2.47. The maximum atomic E-state index is 12.0. The summed E-state index contributed by atoms with van der Waals surface area (Å²) in [5.74, 6) is 0.193. The van der Waals surface area contributed by atoms with E-state index in [4.69, 9.17) is 0 Å². The lowest BCUT2D eigenvalue weighted by atomic mass is 10.1. The number of benzene rings is 1. The van der Waals surface area contributed by atoms with Crippen molar-refractivity contribution in [1.82, 2.24) is 9.88 Å². The van der Waals surface area contributed by atoms with Crippen molar-refractivity contribution >= 4 is 5.78 Å². The molecule has 0 amide bonds. The number of ketones is 1. The van der Waals surface area contributed by atoms with Crippen LogP contribution >= 0.6 is 0 Å². The lowest BCUT2D eigenvalue weighted by Crippen LogP contribution is -2.21. The molecule has 0 atom stereocenters. The van der Waals surface area contributed by atoms with Crippen molar-refractivity contribution in [3.63, 3.8) is 0 Å². The van der Waals surface area contributed by atoms with Crippen molar-refractivity contribution in [2.24, 2.45) is 0 Å². The van der Waals surface area contributed by atoms with Crippen LogP contribution in [0.4, 0.5) is 0 Å². The molecule has 19 heavy (non-hydrogen) atoms. The van der Waals surface area contributed by atoms with Crippen molar-refractivity contribution < 1.29 is 4.79 Å². The standard InChI is InChI=1S/C16H18N2O/c1-18(13-14-6-5-10-17-12-14)11-9-16(19)15-7-3-2-4-8-15/h2-8,10,12H,9,11,13H2,1H3. The van der Waals surface area contributed by atoms with E-state index in [2.05, 4.69) is 9.88 Å². The Balaban J connectivity index is 1.81. The van der Waals surface area contributed by atoms with E-state index >= 15 is 0 Å². The van der Waals surface area contributed by atoms with E-state index < -0.39 is 0 Å². The van der Waals surface area contributed by atoms with Crippen LogP contribution in [0.3, 0.4) is 0 Å². The van der Waals surface area contributed by atoms with Gasteiger partial charge in [-0.25, -0.2) is 0 Å². The summed E-state index contributed by atoms with van der Waals surface area (Å²) in [4.78, 5) is 18.2. The minimum Gasteiger partial charge on any atom is -0.302 e. The third-order valence-electron chi connectivity index (χ3n) is 2.99. The number of hydrogen-bond donors (Lipinski definition) is 0. The Labute approximate surface area is 113 Å². The van der Waals surface area contributed by atoms with E-state index in [0.29, 0.717) is 6.42 Å². The maximum Gasteiger partial charge on any atom is 0.164 e. The Morgan fingerprint density at radius 2 is 1.95 bits per heavy atom. The van der Waals surface area contributed by atoms with Gasteiger partial charge in [0.15, 0.2) is 5.78 Å². The van der Waals surface area contributed by atoms with Crippen LogP contribution in [-0.2, 0) is 6.54 Å². The molecule has 2 aromatic rings. The number of rotatable bonds is 6. The molecule has 0 bridgehead atoms. The van der Waals surface area contributed by atoms with Gasteiger partial charge in [0.2, 0.25) is 0 Å². The third kappa shape index (κ3) is 4.30. The molecular weight excluding hydrogens is 236 g/mol. The molecule has 0 radical (unpaired) electrons. The number of hydrogen-bond acceptors (Lipinski definition) is 3. The van der Waals surface area contributed by atoms with Crippen LogP contribution in [0.15, 0.2) is 54.9 Å². The Morgan fingerprint density at radius 3 is 2.63 bits per heavy atom. The van der Waals surface area contributed by atoms with Gasteiger partial charge in [-0.1, -0.05) is 36.4 Å². The second-order valence-electron chi connectivity index (χ2n) is 4.64. The molecule has 0 unspecified atom stereocenters. The largest absolute Gasteiger partial charge is 0.302 e. The summed E-state index contributed by atoms with van der Waals surface area (Å²) < 4.78 is 0. The van der Waals surface area contributed by atoms with Crippen LogP contribution in [0, 0.1) is 0 Å². The molecule has 0 fully saturated rings. The molecule has 1 aromatic heterocycles. The van der Waals surface area contributed by atoms with E-state index in [9.17, 15) is 4.79 Å². The highest BCUT2D eigenvalue weighted by Gasteiger charge is 2.07. The molecule has 1 heterocycles. The average molecular weight is 254 g/mol. The molecule has 2 rings (SSSR count). The topological polar surface area (TPSA) is 33.2 Å². The van der Waals surface area contributed by atoms with Crippen LogP contribution < -0.4 is 0 Å². The molecule has 98 valence electrons. The number of carbonyl (C=O) groups excluding carboxylic acids is 1. The first kappa shape index (κ1) is 13.4. The summed E-state index contributed by atoms with van der Waals surface area (Å²) in [7, 11) is 2.02. The normalized spacial score (nSPS) is 10.6. The third-order valence-corrected chi connectivity index (χ3v) is 2.99. The van der Waals surface area contributed by atoms with Crippen molar-refractivity contribution in [1.29, 1.82) is 0 Å². The quantitative estimate of drug-likeness (QED) is 0.743. The molecular formula is C16H18N2O.